The van der Waals surface area contributed by atoms with Gasteiger partial charge in [-0.25, -0.2) is 4.57 Å². The van der Waals surface area contributed by atoms with Crippen LogP contribution < -0.4 is 0 Å². The second kappa shape index (κ2) is 21.1. The van der Waals surface area contributed by atoms with Crippen LogP contribution in [0.15, 0.2) is 0 Å². The molecular formula is C30H63O4P. The summed E-state index contributed by atoms with van der Waals surface area (Å²) in [5, 5.41) is 0. The summed E-state index contributed by atoms with van der Waals surface area (Å²) in [6, 6.07) is 0. The third kappa shape index (κ3) is 24.2. The maximum absolute atomic E-state index is 12.2. The first-order valence-corrected chi connectivity index (χ1v) is 16.5. The lowest BCUT2D eigenvalue weighted by Gasteiger charge is -2.17. The van der Waals surface area contributed by atoms with Crippen molar-refractivity contribution in [2.75, 3.05) is 13.2 Å². The van der Waals surface area contributed by atoms with E-state index >= 15 is 0 Å². The van der Waals surface area contributed by atoms with E-state index in [-0.39, 0.29) is 0 Å². The second-order valence-corrected chi connectivity index (χ2v) is 14.1. The molecule has 0 aromatic rings. The minimum Gasteiger partial charge on any atom is -0.302 e. The molecule has 0 heterocycles. The van der Waals surface area contributed by atoms with E-state index in [4.69, 9.17) is 9.05 Å². The molecule has 4 nitrogen and oxygen atoms in total. The molecule has 0 aliphatic rings. The first-order chi connectivity index (χ1) is 16.4. The van der Waals surface area contributed by atoms with Gasteiger partial charge in [-0.3, -0.25) is 9.05 Å². The Hall–Kier alpha value is 0.110. The predicted octanol–water partition coefficient (Wildman–Crippen LogP) is 10.4. The Morgan fingerprint density at radius 1 is 0.486 bits per heavy atom. The zero-order chi connectivity index (χ0) is 26.7. The molecule has 0 fully saturated rings. The van der Waals surface area contributed by atoms with Crippen molar-refractivity contribution in [3.8, 4) is 0 Å². The van der Waals surface area contributed by atoms with Crippen LogP contribution in [-0.4, -0.2) is 18.1 Å². The van der Waals surface area contributed by atoms with Gasteiger partial charge in [0.15, 0.2) is 0 Å². The highest BCUT2D eigenvalue weighted by Crippen LogP contribution is 2.43. The Morgan fingerprint density at radius 2 is 0.743 bits per heavy atom. The van der Waals surface area contributed by atoms with Crippen LogP contribution in [0.5, 0.6) is 0 Å². The molecule has 4 atom stereocenters. The topological polar surface area (TPSA) is 55.8 Å². The zero-order valence-corrected chi connectivity index (χ0v) is 25.8. The van der Waals surface area contributed by atoms with Crippen LogP contribution in [0.2, 0.25) is 0 Å². The highest BCUT2D eigenvalue weighted by molar-refractivity contribution is 7.47. The van der Waals surface area contributed by atoms with E-state index in [9.17, 15) is 9.46 Å². The first kappa shape index (κ1) is 35.1. The zero-order valence-electron chi connectivity index (χ0n) is 24.9. The average Bonchev–Trinajstić information content (AvgIpc) is 2.73. The predicted molar refractivity (Wildman–Crippen MR) is 153 cm³/mol. The van der Waals surface area contributed by atoms with Gasteiger partial charge in [0.2, 0.25) is 0 Å². The number of hydrogen-bond acceptors (Lipinski definition) is 3. The molecule has 0 aromatic carbocycles. The first-order valence-electron chi connectivity index (χ1n) is 15.0. The van der Waals surface area contributed by atoms with Crippen LogP contribution in [0.1, 0.15) is 145 Å². The van der Waals surface area contributed by atoms with E-state index in [2.05, 4.69) is 55.4 Å². The summed E-state index contributed by atoms with van der Waals surface area (Å²) in [6.07, 6.45) is 16.9. The molecule has 0 rings (SSSR count). The monoisotopic (exact) mass is 518 g/mol. The fraction of sp³-hybridized carbons (Fsp3) is 1.00. The Bertz CT molecular complexity index is 480. The van der Waals surface area contributed by atoms with Crippen molar-refractivity contribution in [1.29, 1.82) is 0 Å². The fourth-order valence-electron chi connectivity index (χ4n) is 4.73. The standard InChI is InChI=1S/C30H63O4P/c1-25(2)13-9-15-27(5)17-11-19-29(7)21-23-33-35(31,32)34-24-22-30(8)20-12-18-28(6)16-10-14-26(3)4/h25-30H,9-24H2,1-8H3,(H,31,32). The molecular weight excluding hydrogens is 455 g/mol. The van der Waals surface area contributed by atoms with Crippen molar-refractivity contribution in [1.82, 2.24) is 0 Å². The van der Waals surface area contributed by atoms with Gasteiger partial charge in [0.1, 0.15) is 0 Å². The van der Waals surface area contributed by atoms with E-state index in [0.717, 1.165) is 49.4 Å². The lowest BCUT2D eigenvalue weighted by atomic mass is 9.93. The van der Waals surface area contributed by atoms with E-state index < -0.39 is 7.82 Å². The third-order valence-electron chi connectivity index (χ3n) is 7.47. The highest BCUT2D eigenvalue weighted by Gasteiger charge is 2.21. The van der Waals surface area contributed by atoms with Gasteiger partial charge in [-0.2, -0.15) is 0 Å². The fourth-order valence-corrected chi connectivity index (χ4v) is 5.48. The van der Waals surface area contributed by atoms with Crippen LogP contribution >= 0.6 is 7.82 Å². The van der Waals surface area contributed by atoms with Crippen molar-refractivity contribution in [3.05, 3.63) is 0 Å². The van der Waals surface area contributed by atoms with Crippen LogP contribution in [-0.2, 0) is 13.6 Å². The van der Waals surface area contributed by atoms with Crippen LogP contribution in [0.25, 0.3) is 0 Å². The average molecular weight is 519 g/mol. The molecule has 0 amide bonds. The van der Waals surface area contributed by atoms with Crippen molar-refractivity contribution in [2.45, 2.75) is 145 Å². The van der Waals surface area contributed by atoms with Gasteiger partial charge in [0.05, 0.1) is 13.2 Å². The molecule has 212 valence electrons. The van der Waals surface area contributed by atoms with E-state index in [1.807, 2.05) is 0 Å². The highest BCUT2D eigenvalue weighted by atomic mass is 31.2. The lowest BCUT2D eigenvalue weighted by Crippen LogP contribution is -2.06. The molecule has 0 aromatic heterocycles. The summed E-state index contributed by atoms with van der Waals surface area (Å²) in [6.45, 7) is 18.9. The quantitative estimate of drug-likeness (QED) is 0.129. The molecule has 0 bridgehead atoms. The molecule has 35 heavy (non-hydrogen) atoms. The van der Waals surface area contributed by atoms with Crippen LogP contribution in [0, 0.1) is 35.5 Å². The SMILES string of the molecule is CC(C)CCCC(C)CCCC(C)CCOP(=O)(O)OCCC(C)CCCC(C)CCCC(C)C. The third-order valence-corrected chi connectivity index (χ3v) is 8.49. The summed E-state index contributed by atoms with van der Waals surface area (Å²) >= 11 is 0. The number of rotatable bonds is 24. The molecule has 0 aliphatic carbocycles. The van der Waals surface area contributed by atoms with Gasteiger partial charge in [-0.05, 0) is 48.3 Å². The number of phosphoric acid groups is 1. The molecule has 5 heteroatoms. The smallest absolute Gasteiger partial charge is 0.302 e. The molecule has 0 saturated carbocycles. The maximum atomic E-state index is 12.2. The van der Waals surface area contributed by atoms with Crippen LogP contribution in [0.3, 0.4) is 0 Å². The van der Waals surface area contributed by atoms with Gasteiger partial charge in [-0.15, -0.1) is 0 Å². The van der Waals surface area contributed by atoms with Crippen molar-refractivity contribution in [3.63, 3.8) is 0 Å². The summed E-state index contributed by atoms with van der Waals surface area (Å²) in [7, 11) is -3.93. The molecule has 0 spiro atoms. The van der Waals surface area contributed by atoms with Crippen LogP contribution in [0.4, 0.5) is 0 Å². The van der Waals surface area contributed by atoms with Gasteiger partial charge in [-0.1, -0.05) is 132 Å². The number of phosphoric ester groups is 1. The molecule has 4 unspecified atom stereocenters. The largest absolute Gasteiger partial charge is 0.472 e. The maximum Gasteiger partial charge on any atom is 0.472 e. The minimum absolute atomic E-state index is 0.295. The van der Waals surface area contributed by atoms with Gasteiger partial charge in [0.25, 0.3) is 0 Å². The normalized spacial score (nSPS) is 17.5. The van der Waals surface area contributed by atoms with Crippen molar-refractivity contribution in [2.24, 2.45) is 35.5 Å². The minimum atomic E-state index is -3.93. The summed E-state index contributed by atoms with van der Waals surface area (Å²) < 4.78 is 22.7. The molecule has 0 radical (unpaired) electrons. The summed E-state index contributed by atoms with van der Waals surface area (Å²) in [5.41, 5.74) is 0. The van der Waals surface area contributed by atoms with E-state index in [1.165, 1.54) is 64.2 Å². The second-order valence-electron chi connectivity index (χ2n) is 12.6. The van der Waals surface area contributed by atoms with Crippen molar-refractivity contribution < 1.29 is 18.5 Å². The van der Waals surface area contributed by atoms with Gasteiger partial charge in [0, 0.05) is 0 Å². The summed E-state index contributed by atoms with van der Waals surface area (Å²) in [5.74, 6) is 4.21. The summed E-state index contributed by atoms with van der Waals surface area (Å²) in [4.78, 5) is 9.99. The molecule has 1 N–H and O–H groups in total. The Labute approximate surface area is 220 Å². The van der Waals surface area contributed by atoms with E-state index in [0.29, 0.717) is 25.0 Å². The Kier molecular flexibility index (Phi) is 21.2. The Morgan fingerprint density at radius 3 is 1.03 bits per heavy atom. The van der Waals surface area contributed by atoms with Gasteiger partial charge < -0.3 is 4.89 Å². The van der Waals surface area contributed by atoms with E-state index in [1.54, 1.807) is 0 Å². The van der Waals surface area contributed by atoms with Crippen molar-refractivity contribution >= 4 is 7.82 Å². The molecule has 0 aliphatic heterocycles. The molecule has 0 saturated heterocycles. The lowest BCUT2D eigenvalue weighted by molar-refractivity contribution is 0.136. The number of hydrogen-bond donors (Lipinski definition) is 1. The van der Waals surface area contributed by atoms with Gasteiger partial charge >= 0.3 is 7.82 Å². The Balaban J connectivity index is 3.79.